The van der Waals surface area contributed by atoms with Crippen LogP contribution < -0.4 is 5.32 Å². The molecule has 362 valence electrons. The fraction of sp³-hybridized carbons (Fsp3) is 0.927. The van der Waals surface area contributed by atoms with Gasteiger partial charge in [-0.05, 0) is 51.4 Å². The molecule has 1 amide bonds. The molecule has 0 saturated heterocycles. The molecular formula is C55H107NO5. The van der Waals surface area contributed by atoms with Crippen LogP contribution in [0.5, 0.6) is 0 Å². The number of nitrogens with one attached hydrogen (secondary N) is 1. The van der Waals surface area contributed by atoms with E-state index in [2.05, 4.69) is 31.3 Å². The van der Waals surface area contributed by atoms with E-state index < -0.39 is 12.1 Å². The summed E-state index contributed by atoms with van der Waals surface area (Å²) in [6.07, 6.45) is 59.0. The minimum Gasteiger partial charge on any atom is -0.466 e. The number of carbonyl (C=O) groups excluding carboxylic acids is 2. The Morgan fingerprint density at radius 3 is 1.16 bits per heavy atom. The largest absolute Gasteiger partial charge is 0.466 e. The highest BCUT2D eigenvalue weighted by Gasteiger charge is 2.20. The van der Waals surface area contributed by atoms with Crippen LogP contribution in [0.2, 0.25) is 0 Å². The highest BCUT2D eigenvalue weighted by Crippen LogP contribution is 2.17. The molecule has 0 spiro atoms. The van der Waals surface area contributed by atoms with Crippen molar-refractivity contribution in [3.8, 4) is 0 Å². The van der Waals surface area contributed by atoms with Gasteiger partial charge >= 0.3 is 5.97 Å². The average Bonchev–Trinajstić information content (AvgIpc) is 3.26. The molecule has 0 saturated carbocycles. The van der Waals surface area contributed by atoms with Crippen molar-refractivity contribution in [3.05, 3.63) is 12.2 Å². The molecule has 0 aromatic carbocycles. The van der Waals surface area contributed by atoms with Crippen molar-refractivity contribution >= 4 is 11.9 Å². The van der Waals surface area contributed by atoms with Crippen molar-refractivity contribution in [2.45, 2.75) is 315 Å². The maximum absolute atomic E-state index is 12.5. The summed E-state index contributed by atoms with van der Waals surface area (Å²) < 4.78 is 5.44. The molecule has 0 aliphatic carbocycles. The van der Waals surface area contributed by atoms with Crippen molar-refractivity contribution in [2.75, 3.05) is 13.2 Å². The summed E-state index contributed by atoms with van der Waals surface area (Å²) in [5.74, 6) is -0.0889. The van der Waals surface area contributed by atoms with Gasteiger partial charge in [0, 0.05) is 12.8 Å². The first-order valence-corrected chi connectivity index (χ1v) is 27.4. The molecule has 3 N–H and O–H groups in total. The molecule has 0 aromatic heterocycles. The van der Waals surface area contributed by atoms with Crippen LogP contribution in [0.4, 0.5) is 0 Å². The molecule has 0 bridgehead atoms. The molecule has 0 rings (SSSR count). The number of amides is 1. The van der Waals surface area contributed by atoms with E-state index in [4.69, 9.17) is 4.74 Å². The summed E-state index contributed by atoms with van der Waals surface area (Å²) in [5, 5.41) is 23.3. The minimum absolute atomic E-state index is 0.0276. The van der Waals surface area contributed by atoms with E-state index in [9.17, 15) is 19.8 Å². The van der Waals surface area contributed by atoms with Crippen LogP contribution in [0.1, 0.15) is 303 Å². The molecule has 6 heteroatoms. The maximum Gasteiger partial charge on any atom is 0.305 e. The van der Waals surface area contributed by atoms with Crippen molar-refractivity contribution in [1.29, 1.82) is 0 Å². The van der Waals surface area contributed by atoms with Gasteiger partial charge in [0.1, 0.15) is 0 Å². The van der Waals surface area contributed by atoms with Crippen LogP contribution in [0.15, 0.2) is 12.2 Å². The Labute approximate surface area is 380 Å². The first-order chi connectivity index (χ1) is 30.0. The number of esters is 1. The molecule has 0 radical (unpaired) electrons. The number of hydrogen-bond acceptors (Lipinski definition) is 5. The zero-order valence-corrected chi connectivity index (χ0v) is 41.2. The lowest BCUT2D eigenvalue weighted by molar-refractivity contribution is -0.143. The summed E-state index contributed by atoms with van der Waals surface area (Å²) in [4.78, 5) is 24.5. The SMILES string of the molecule is CCCCCCCCCCCCCCCCCCCCC(O)C(CO)NC(=O)CCCCCCC/C=C\CCCCOC(=O)CCCCCCCCCCCCCCCCC. The highest BCUT2D eigenvalue weighted by atomic mass is 16.5. The summed E-state index contributed by atoms with van der Waals surface area (Å²) >= 11 is 0. The number of aliphatic hydroxyl groups is 2. The van der Waals surface area contributed by atoms with Gasteiger partial charge < -0.3 is 20.3 Å². The second-order valence-corrected chi connectivity index (χ2v) is 18.9. The molecule has 61 heavy (non-hydrogen) atoms. The van der Waals surface area contributed by atoms with Crippen LogP contribution >= 0.6 is 0 Å². The van der Waals surface area contributed by atoms with Crippen LogP contribution in [0.3, 0.4) is 0 Å². The van der Waals surface area contributed by atoms with Gasteiger partial charge in [-0.25, -0.2) is 0 Å². The number of aliphatic hydroxyl groups excluding tert-OH is 2. The number of rotatable bonds is 51. The lowest BCUT2D eigenvalue weighted by Gasteiger charge is -2.22. The number of ether oxygens (including phenoxy) is 1. The molecule has 0 aliphatic rings. The molecule has 0 aliphatic heterocycles. The molecule has 6 nitrogen and oxygen atoms in total. The summed E-state index contributed by atoms with van der Waals surface area (Å²) in [5.41, 5.74) is 0. The van der Waals surface area contributed by atoms with Crippen LogP contribution in [0.25, 0.3) is 0 Å². The Balaban J connectivity index is 3.49. The van der Waals surface area contributed by atoms with E-state index in [0.29, 0.717) is 25.9 Å². The van der Waals surface area contributed by atoms with E-state index >= 15 is 0 Å². The van der Waals surface area contributed by atoms with Gasteiger partial charge in [-0.3, -0.25) is 9.59 Å². The van der Waals surface area contributed by atoms with Gasteiger partial charge in [0.05, 0.1) is 25.4 Å². The van der Waals surface area contributed by atoms with Gasteiger partial charge in [-0.1, -0.05) is 251 Å². The first kappa shape index (κ1) is 59.6. The van der Waals surface area contributed by atoms with E-state index in [1.807, 2.05) is 0 Å². The third kappa shape index (κ3) is 47.9. The van der Waals surface area contributed by atoms with Gasteiger partial charge in [0.15, 0.2) is 0 Å². The lowest BCUT2D eigenvalue weighted by Crippen LogP contribution is -2.45. The zero-order valence-electron chi connectivity index (χ0n) is 41.2. The Bertz CT molecular complexity index is 909. The van der Waals surface area contributed by atoms with E-state index in [0.717, 1.165) is 77.0 Å². The first-order valence-electron chi connectivity index (χ1n) is 27.4. The average molecular weight is 862 g/mol. The second kappa shape index (κ2) is 51.2. The summed E-state index contributed by atoms with van der Waals surface area (Å²) in [7, 11) is 0. The number of hydrogen-bond donors (Lipinski definition) is 3. The smallest absolute Gasteiger partial charge is 0.305 e. The van der Waals surface area contributed by atoms with Crippen molar-refractivity contribution < 1.29 is 24.5 Å². The monoisotopic (exact) mass is 862 g/mol. The summed E-state index contributed by atoms with van der Waals surface area (Å²) in [6.45, 7) is 4.90. The third-order valence-corrected chi connectivity index (χ3v) is 12.8. The molecule has 0 aromatic rings. The van der Waals surface area contributed by atoms with E-state index in [1.165, 1.54) is 193 Å². The predicted molar refractivity (Wildman–Crippen MR) is 264 cm³/mol. The molecular weight excluding hydrogens is 755 g/mol. The van der Waals surface area contributed by atoms with Gasteiger partial charge in [0.2, 0.25) is 5.91 Å². The fourth-order valence-electron chi connectivity index (χ4n) is 8.58. The van der Waals surface area contributed by atoms with Crippen LogP contribution in [0, 0.1) is 0 Å². The van der Waals surface area contributed by atoms with Gasteiger partial charge in [0.25, 0.3) is 0 Å². The topological polar surface area (TPSA) is 95.9 Å². The molecule has 0 heterocycles. The third-order valence-electron chi connectivity index (χ3n) is 12.8. The van der Waals surface area contributed by atoms with Crippen LogP contribution in [-0.4, -0.2) is 47.4 Å². The Kier molecular flexibility index (Phi) is 50.1. The van der Waals surface area contributed by atoms with Crippen molar-refractivity contribution in [2.24, 2.45) is 0 Å². The van der Waals surface area contributed by atoms with E-state index in [1.54, 1.807) is 0 Å². The number of unbranched alkanes of at least 4 members (excludes halogenated alkanes) is 38. The Morgan fingerprint density at radius 1 is 0.443 bits per heavy atom. The standard InChI is InChI=1S/C55H107NO5/c1-3-5-7-9-11-13-15-17-19-20-21-23-24-27-31-35-39-43-47-53(58)52(51-57)56-54(59)48-44-40-36-32-28-26-30-34-38-42-46-50-61-55(60)49-45-41-37-33-29-25-22-18-16-14-12-10-8-6-4-2/h30,34,52-53,57-58H,3-29,31-33,35-51H2,1-2H3,(H,56,59)/b34-30-. The Hall–Kier alpha value is -1.40. The predicted octanol–water partition coefficient (Wildman–Crippen LogP) is 16.5. The van der Waals surface area contributed by atoms with Crippen molar-refractivity contribution in [3.63, 3.8) is 0 Å². The van der Waals surface area contributed by atoms with Gasteiger partial charge in [-0.15, -0.1) is 0 Å². The molecule has 2 unspecified atom stereocenters. The highest BCUT2D eigenvalue weighted by molar-refractivity contribution is 5.76. The maximum atomic E-state index is 12.5. The minimum atomic E-state index is -0.681. The van der Waals surface area contributed by atoms with Crippen molar-refractivity contribution in [1.82, 2.24) is 5.32 Å². The Morgan fingerprint density at radius 2 is 0.770 bits per heavy atom. The zero-order chi connectivity index (χ0) is 44.4. The normalized spacial score (nSPS) is 12.7. The quantitative estimate of drug-likeness (QED) is 0.0322. The number of allylic oxidation sites excluding steroid dienone is 2. The fourth-order valence-corrected chi connectivity index (χ4v) is 8.58. The summed E-state index contributed by atoms with van der Waals surface area (Å²) in [6, 6.07) is -0.561. The van der Waals surface area contributed by atoms with E-state index in [-0.39, 0.29) is 18.5 Å². The lowest BCUT2D eigenvalue weighted by atomic mass is 10.0. The molecule has 0 fully saturated rings. The van der Waals surface area contributed by atoms with Gasteiger partial charge in [-0.2, -0.15) is 0 Å². The molecule has 2 atom stereocenters. The second-order valence-electron chi connectivity index (χ2n) is 18.9. The van der Waals surface area contributed by atoms with Crippen LogP contribution in [-0.2, 0) is 14.3 Å². The number of carbonyl (C=O) groups is 2.